The third-order valence-corrected chi connectivity index (χ3v) is 12.0. The molecule has 0 fully saturated rings. The summed E-state index contributed by atoms with van der Waals surface area (Å²) in [5, 5.41) is 23.1. The number of amides is 1. The van der Waals surface area contributed by atoms with Crippen molar-refractivity contribution in [2.24, 2.45) is 0 Å². The molecule has 2 unspecified atom stereocenters. The van der Waals surface area contributed by atoms with E-state index in [4.69, 9.17) is 4.74 Å². The Morgan fingerprint density at radius 2 is 0.797 bits per heavy atom. The molecule has 0 saturated heterocycles. The van der Waals surface area contributed by atoms with Gasteiger partial charge in [0.1, 0.15) is 0 Å². The summed E-state index contributed by atoms with van der Waals surface area (Å²) in [6, 6.07) is -0.639. The van der Waals surface area contributed by atoms with E-state index >= 15 is 0 Å². The smallest absolute Gasteiger partial charge is 0.305 e. The molecule has 3 N–H and O–H groups in total. The number of aliphatic hydroxyl groups excluding tert-OH is 2. The van der Waals surface area contributed by atoms with Crippen molar-refractivity contribution >= 4 is 11.9 Å². The quantitative estimate of drug-likeness (QED) is 0.0322. The number of carbonyl (C=O) groups is 2. The van der Waals surface area contributed by atoms with E-state index in [-0.39, 0.29) is 18.5 Å². The zero-order valence-corrected chi connectivity index (χ0v) is 39.5. The van der Waals surface area contributed by atoms with Gasteiger partial charge in [-0.05, 0) is 57.8 Å². The van der Waals surface area contributed by atoms with Gasteiger partial charge in [-0.3, -0.25) is 9.59 Å². The average molecular weight is 832 g/mol. The number of esters is 1. The van der Waals surface area contributed by atoms with Crippen LogP contribution in [-0.4, -0.2) is 47.4 Å². The number of hydrogen-bond donors (Lipinski definition) is 3. The van der Waals surface area contributed by atoms with Gasteiger partial charge in [0, 0.05) is 12.8 Å². The Morgan fingerprint density at radius 1 is 0.458 bits per heavy atom. The van der Waals surface area contributed by atoms with Crippen LogP contribution in [0.15, 0.2) is 24.3 Å². The van der Waals surface area contributed by atoms with Crippen LogP contribution in [0.2, 0.25) is 0 Å². The number of carbonyl (C=O) groups excluding carboxylic acids is 2. The molecule has 0 bridgehead atoms. The highest BCUT2D eigenvalue weighted by atomic mass is 16.5. The third kappa shape index (κ3) is 45.7. The lowest BCUT2D eigenvalue weighted by Gasteiger charge is -2.20. The van der Waals surface area contributed by atoms with Crippen molar-refractivity contribution in [2.45, 2.75) is 289 Å². The molecule has 0 rings (SSSR count). The number of rotatable bonds is 48. The maximum absolute atomic E-state index is 12.4. The van der Waals surface area contributed by atoms with Gasteiger partial charge in [-0.1, -0.05) is 231 Å². The lowest BCUT2D eigenvalue weighted by Crippen LogP contribution is -2.45. The first-order valence-corrected chi connectivity index (χ1v) is 26.1. The highest BCUT2D eigenvalue weighted by Crippen LogP contribution is 2.16. The maximum atomic E-state index is 12.4. The van der Waals surface area contributed by atoms with Crippen LogP contribution in [0.25, 0.3) is 0 Å². The van der Waals surface area contributed by atoms with Crippen molar-refractivity contribution in [2.75, 3.05) is 13.2 Å². The van der Waals surface area contributed by atoms with Crippen molar-refractivity contribution < 1.29 is 24.5 Å². The minimum absolute atomic E-state index is 0.0189. The van der Waals surface area contributed by atoms with E-state index in [2.05, 4.69) is 31.3 Å². The molecule has 0 radical (unpaired) electrons. The van der Waals surface area contributed by atoms with Gasteiger partial charge in [-0.2, -0.15) is 0 Å². The van der Waals surface area contributed by atoms with Gasteiger partial charge in [-0.25, -0.2) is 0 Å². The molecular weight excluding hydrogens is 731 g/mol. The van der Waals surface area contributed by atoms with E-state index < -0.39 is 12.1 Å². The second-order valence-corrected chi connectivity index (χ2v) is 17.9. The Labute approximate surface area is 367 Å². The van der Waals surface area contributed by atoms with E-state index in [0.29, 0.717) is 19.4 Å². The standard InChI is InChI=1S/C53H101NO5/c1-3-5-7-9-11-13-15-17-19-21-25-29-33-37-41-45-51(56)50(49-55)54-52(57)46-42-38-34-30-26-23-24-28-32-36-40-44-48-59-53(58)47-43-39-35-31-27-22-20-18-16-14-12-10-8-6-4-2/h18,20,41,45,50-51,55-56H,3-17,19,21-40,42-44,46-49H2,1-2H3,(H,54,57)/b20-18-,45-41+. The SMILES string of the molecule is CCCCCCCC/C=C\CCCCCCCC(=O)OCCCCCCCCCCCCCCC(=O)NC(CO)C(O)/C=C/CCCCCCCCCCCCCCC. The highest BCUT2D eigenvalue weighted by Gasteiger charge is 2.18. The molecule has 6 nitrogen and oxygen atoms in total. The van der Waals surface area contributed by atoms with Crippen LogP contribution in [0.1, 0.15) is 277 Å². The first-order chi connectivity index (χ1) is 29.0. The summed E-state index contributed by atoms with van der Waals surface area (Å²) in [4.78, 5) is 24.5. The molecule has 0 aliphatic rings. The number of hydrogen-bond acceptors (Lipinski definition) is 5. The number of unbranched alkanes of at least 4 members (excludes halogenated alkanes) is 35. The number of ether oxygens (including phenoxy) is 1. The van der Waals surface area contributed by atoms with E-state index in [9.17, 15) is 19.8 Å². The van der Waals surface area contributed by atoms with Gasteiger partial charge in [-0.15, -0.1) is 0 Å². The summed E-state index contributed by atoms with van der Waals surface area (Å²) < 4.78 is 5.46. The molecule has 0 aliphatic carbocycles. The average Bonchev–Trinajstić information content (AvgIpc) is 3.24. The first-order valence-electron chi connectivity index (χ1n) is 26.1. The molecule has 0 heterocycles. The predicted molar refractivity (Wildman–Crippen MR) is 255 cm³/mol. The molecule has 59 heavy (non-hydrogen) atoms. The van der Waals surface area contributed by atoms with Crippen LogP contribution in [0.3, 0.4) is 0 Å². The van der Waals surface area contributed by atoms with Crippen molar-refractivity contribution in [1.29, 1.82) is 0 Å². The lowest BCUT2D eigenvalue weighted by molar-refractivity contribution is -0.143. The zero-order chi connectivity index (χ0) is 43.0. The molecule has 0 saturated carbocycles. The number of aliphatic hydroxyl groups is 2. The Bertz CT molecular complexity index is 920. The van der Waals surface area contributed by atoms with Crippen LogP contribution < -0.4 is 5.32 Å². The molecule has 2 atom stereocenters. The summed E-state index contributed by atoms with van der Waals surface area (Å²) in [6.45, 7) is 4.86. The lowest BCUT2D eigenvalue weighted by atomic mass is 10.0. The van der Waals surface area contributed by atoms with E-state index in [0.717, 1.165) is 57.8 Å². The molecule has 0 aromatic rings. The van der Waals surface area contributed by atoms with E-state index in [1.54, 1.807) is 6.08 Å². The fourth-order valence-electron chi connectivity index (χ4n) is 7.92. The summed E-state index contributed by atoms with van der Waals surface area (Å²) in [6.07, 6.45) is 57.4. The molecule has 0 spiro atoms. The fraction of sp³-hybridized carbons (Fsp3) is 0.887. The van der Waals surface area contributed by atoms with Crippen LogP contribution in [0, 0.1) is 0 Å². The number of nitrogens with one attached hydrogen (secondary N) is 1. The van der Waals surface area contributed by atoms with Gasteiger partial charge in [0.15, 0.2) is 0 Å². The Balaban J connectivity index is 3.50. The molecule has 0 aliphatic heterocycles. The van der Waals surface area contributed by atoms with Crippen molar-refractivity contribution in [1.82, 2.24) is 5.32 Å². The minimum atomic E-state index is -0.854. The molecular formula is C53H101NO5. The van der Waals surface area contributed by atoms with Crippen molar-refractivity contribution in [3.63, 3.8) is 0 Å². The Kier molecular flexibility index (Phi) is 47.6. The van der Waals surface area contributed by atoms with Crippen molar-refractivity contribution in [3.8, 4) is 0 Å². The second kappa shape index (κ2) is 49.0. The second-order valence-electron chi connectivity index (χ2n) is 17.9. The predicted octanol–water partition coefficient (Wildman–Crippen LogP) is 15.5. The normalized spacial score (nSPS) is 12.8. The number of allylic oxidation sites excluding steroid dienone is 3. The third-order valence-electron chi connectivity index (χ3n) is 12.0. The first kappa shape index (κ1) is 57.3. The van der Waals surface area contributed by atoms with Gasteiger partial charge in [0.05, 0.1) is 25.4 Å². The minimum Gasteiger partial charge on any atom is -0.466 e. The topological polar surface area (TPSA) is 95.9 Å². The Hall–Kier alpha value is -1.66. The van der Waals surface area contributed by atoms with Crippen LogP contribution >= 0.6 is 0 Å². The van der Waals surface area contributed by atoms with Gasteiger partial charge in [0.25, 0.3) is 0 Å². The fourth-order valence-corrected chi connectivity index (χ4v) is 7.92. The summed E-state index contributed by atoms with van der Waals surface area (Å²) in [5.41, 5.74) is 0. The zero-order valence-electron chi connectivity index (χ0n) is 39.5. The molecule has 348 valence electrons. The van der Waals surface area contributed by atoms with Crippen LogP contribution in [-0.2, 0) is 14.3 Å². The largest absolute Gasteiger partial charge is 0.466 e. The highest BCUT2D eigenvalue weighted by molar-refractivity contribution is 5.76. The Morgan fingerprint density at radius 3 is 1.20 bits per heavy atom. The van der Waals surface area contributed by atoms with Crippen LogP contribution in [0.5, 0.6) is 0 Å². The van der Waals surface area contributed by atoms with Gasteiger partial charge < -0.3 is 20.3 Å². The molecule has 0 aromatic heterocycles. The summed E-state index contributed by atoms with van der Waals surface area (Å²) in [7, 11) is 0. The van der Waals surface area contributed by atoms with E-state index in [1.807, 2.05) is 6.08 Å². The van der Waals surface area contributed by atoms with Crippen LogP contribution in [0.4, 0.5) is 0 Å². The van der Waals surface area contributed by atoms with Gasteiger partial charge in [0.2, 0.25) is 5.91 Å². The molecule has 0 aromatic carbocycles. The van der Waals surface area contributed by atoms with Crippen molar-refractivity contribution in [3.05, 3.63) is 24.3 Å². The summed E-state index contributed by atoms with van der Waals surface area (Å²) >= 11 is 0. The van der Waals surface area contributed by atoms with Gasteiger partial charge >= 0.3 is 5.97 Å². The van der Waals surface area contributed by atoms with E-state index in [1.165, 1.54) is 193 Å². The maximum Gasteiger partial charge on any atom is 0.305 e. The molecule has 1 amide bonds. The molecule has 6 heteroatoms. The monoisotopic (exact) mass is 832 g/mol. The summed E-state index contributed by atoms with van der Waals surface area (Å²) in [5.74, 6) is -0.102.